The highest BCUT2D eigenvalue weighted by Gasteiger charge is 2.16. The maximum Gasteiger partial charge on any atom is 0.176 e. The molecule has 0 bridgehead atoms. The molecule has 0 spiro atoms. The number of carbonyl (C=O) groups is 1. The lowest BCUT2D eigenvalue weighted by Crippen LogP contribution is -2.32. The maximum atomic E-state index is 11.2. The van der Waals surface area contributed by atoms with E-state index in [-0.39, 0.29) is 0 Å². The number of aldehydes is 1. The number of rotatable bonds is 6. The number of fused-ring (bicyclic) bond motifs is 4. The summed E-state index contributed by atoms with van der Waals surface area (Å²) in [5, 5.41) is 13.5. The number of carbonyl (C=O) groups excluding carboxylic acids is 1. The topological polar surface area (TPSA) is 60.5 Å². The number of hydrogen-bond donors (Lipinski definition) is 1. The minimum atomic E-state index is 0.644. The number of hydrogen-bond acceptors (Lipinski definition) is 2. The van der Waals surface area contributed by atoms with E-state index in [1.807, 2.05) is 18.2 Å². The molecule has 140 valence electrons. The second-order valence-corrected chi connectivity index (χ2v) is 7.53. The zero-order valence-corrected chi connectivity index (χ0v) is 16.4. The van der Waals surface area contributed by atoms with Crippen LogP contribution in [0, 0.1) is 25.2 Å². The van der Waals surface area contributed by atoms with E-state index in [1.54, 1.807) is 0 Å². The van der Waals surface area contributed by atoms with Crippen molar-refractivity contribution in [3.05, 3.63) is 53.3 Å². The van der Waals surface area contributed by atoms with Gasteiger partial charge in [-0.05, 0) is 61.4 Å². The Morgan fingerprint density at radius 2 is 1.93 bits per heavy atom. The van der Waals surface area contributed by atoms with Crippen molar-refractivity contribution in [2.45, 2.75) is 46.1 Å². The molecular weight excluding hydrogens is 346 g/mol. The molecule has 0 saturated heterocycles. The van der Waals surface area contributed by atoms with Gasteiger partial charge in [0.05, 0.1) is 17.0 Å². The number of H-pyrrole nitrogens is 1. The normalized spacial score (nSPS) is 11.3. The zero-order chi connectivity index (χ0) is 19.7. The second-order valence-electron chi connectivity index (χ2n) is 7.53. The van der Waals surface area contributed by atoms with Gasteiger partial charge in [-0.2, -0.15) is 5.26 Å². The van der Waals surface area contributed by atoms with Crippen LogP contribution in [0.4, 0.5) is 0 Å². The van der Waals surface area contributed by atoms with Crippen molar-refractivity contribution in [3.63, 3.8) is 0 Å². The van der Waals surface area contributed by atoms with Crippen LogP contribution in [0.25, 0.3) is 32.6 Å². The summed E-state index contributed by atoms with van der Waals surface area (Å²) in [4.78, 5) is 14.8. The van der Waals surface area contributed by atoms with Gasteiger partial charge in [0.1, 0.15) is 12.8 Å². The van der Waals surface area contributed by atoms with Crippen LogP contribution in [0.3, 0.4) is 0 Å². The Hall–Kier alpha value is -3.19. The van der Waals surface area contributed by atoms with Gasteiger partial charge >= 0.3 is 0 Å². The number of aromatic nitrogens is 2. The molecule has 4 nitrogen and oxygen atoms in total. The van der Waals surface area contributed by atoms with Gasteiger partial charge in [0.25, 0.3) is 0 Å². The third-order valence-electron chi connectivity index (χ3n) is 5.74. The fourth-order valence-corrected chi connectivity index (χ4v) is 4.20. The van der Waals surface area contributed by atoms with Crippen LogP contribution in [0.1, 0.15) is 47.2 Å². The zero-order valence-electron chi connectivity index (χ0n) is 16.4. The van der Waals surface area contributed by atoms with E-state index in [9.17, 15) is 4.79 Å². The Bertz CT molecular complexity index is 1240. The number of nitriles is 1. The smallest absolute Gasteiger partial charge is 0.176 e. The fourth-order valence-electron chi connectivity index (χ4n) is 4.20. The third-order valence-corrected chi connectivity index (χ3v) is 5.74. The number of nitrogens with one attached hydrogen (secondary N) is 1. The van der Waals surface area contributed by atoms with E-state index < -0.39 is 0 Å². The monoisotopic (exact) mass is 370 g/mol. The van der Waals surface area contributed by atoms with E-state index in [1.165, 1.54) is 27.3 Å². The van der Waals surface area contributed by atoms with Crippen molar-refractivity contribution < 1.29 is 9.36 Å². The highest BCUT2D eigenvalue weighted by atomic mass is 16.1. The van der Waals surface area contributed by atoms with Crippen LogP contribution < -0.4 is 4.57 Å². The predicted molar refractivity (Wildman–Crippen MR) is 112 cm³/mol. The summed E-state index contributed by atoms with van der Waals surface area (Å²) in [6.07, 6.45) is 9.07. The Balaban J connectivity index is 1.81. The highest BCUT2D eigenvalue weighted by Crippen LogP contribution is 2.36. The van der Waals surface area contributed by atoms with E-state index in [0.717, 1.165) is 48.5 Å². The van der Waals surface area contributed by atoms with Crippen molar-refractivity contribution in [3.8, 4) is 6.07 Å². The molecule has 4 rings (SSSR count). The molecule has 0 aliphatic heterocycles. The van der Waals surface area contributed by atoms with Gasteiger partial charge < -0.3 is 4.98 Å². The summed E-state index contributed by atoms with van der Waals surface area (Å²) in [6, 6.07) is 10.2. The molecule has 0 atom stereocenters. The molecule has 28 heavy (non-hydrogen) atoms. The van der Waals surface area contributed by atoms with Crippen molar-refractivity contribution in [1.29, 1.82) is 5.26 Å². The van der Waals surface area contributed by atoms with Gasteiger partial charge in [0.2, 0.25) is 0 Å². The Labute approximate surface area is 164 Å². The molecule has 0 fully saturated rings. The lowest BCUT2D eigenvalue weighted by molar-refractivity contribution is -0.696. The average molecular weight is 370 g/mol. The van der Waals surface area contributed by atoms with Crippen LogP contribution in [0.2, 0.25) is 0 Å². The summed E-state index contributed by atoms with van der Waals surface area (Å²) < 4.78 is 2.25. The molecule has 2 aromatic heterocycles. The molecule has 0 aliphatic rings. The summed E-state index contributed by atoms with van der Waals surface area (Å²) in [5.74, 6) is 0. The SMILES string of the molecule is Cc1c2c[n+](CCCCCC#N)ccc2c(C)c2c1[nH]c1ccc(C=O)cc12. The minimum Gasteiger partial charge on any atom is -0.354 e. The first-order valence-corrected chi connectivity index (χ1v) is 9.83. The fraction of sp³-hybridized carbons (Fsp3) is 0.292. The number of benzene rings is 2. The first-order valence-electron chi connectivity index (χ1n) is 9.83. The molecule has 4 aromatic rings. The quantitative estimate of drug-likeness (QED) is 0.285. The van der Waals surface area contributed by atoms with Crippen molar-refractivity contribution in [2.24, 2.45) is 0 Å². The number of unbranched alkanes of at least 4 members (excludes halogenated alkanes) is 3. The van der Waals surface area contributed by atoms with Crippen LogP contribution in [-0.4, -0.2) is 11.3 Å². The number of aryl methyl sites for hydroxylation is 3. The predicted octanol–water partition coefficient (Wildman–Crippen LogP) is 5.28. The van der Waals surface area contributed by atoms with Crippen LogP contribution in [0.5, 0.6) is 0 Å². The molecule has 0 saturated carbocycles. The molecule has 2 heterocycles. The lowest BCUT2D eigenvalue weighted by atomic mass is 9.96. The summed E-state index contributed by atoms with van der Waals surface area (Å²) in [6.45, 7) is 5.29. The van der Waals surface area contributed by atoms with Crippen LogP contribution in [0.15, 0.2) is 36.7 Å². The van der Waals surface area contributed by atoms with Crippen LogP contribution in [-0.2, 0) is 6.54 Å². The average Bonchev–Trinajstić information content (AvgIpc) is 3.11. The molecule has 2 aromatic carbocycles. The highest BCUT2D eigenvalue weighted by molar-refractivity contribution is 6.16. The first kappa shape index (κ1) is 18.2. The third kappa shape index (κ3) is 3.03. The van der Waals surface area contributed by atoms with E-state index >= 15 is 0 Å². The lowest BCUT2D eigenvalue weighted by Gasteiger charge is -2.08. The van der Waals surface area contributed by atoms with Crippen molar-refractivity contribution in [1.82, 2.24) is 4.98 Å². The number of nitrogens with zero attached hydrogens (tertiary/aromatic N) is 2. The molecule has 0 unspecified atom stereocenters. The minimum absolute atomic E-state index is 0.644. The molecule has 0 aliphatic carbocycles. The molecule has 4 heteroatoms. The van der Waals surface area contributed by atoms with Gasteiger partial charge in [-0.15, -0.1) is 0 Å². The summed E-state index contributed by atoms with van der Waals surface area (Å²) in [5.41, 5.74) is 5.39. The Morgan fingerprint density at radius 1 is 1.07 bits per heavy atom. The maximum absolute atomic E-state index is 11.2. The molecule has 1 N–H and O–H groups in total. The van der Waals surface area contributed by atoms with Gasteiger partial charge in [0, 0.05) is 40.8 Å². The first-order chi connectivity index (χ1) is 13.6. The van der Waals surface area contributed by atoms with E-state index in [2.05, 4.69) is 47.9 Å². The summed E-state index contributed by atoms with van der Waals surface area (Å²) >= 11 is 0. The van der Waals surface area contributed by atoms with E-state index in [0.29, 0.717) is 12.0 Å². The Morgan fingerprint density at radius 3 is 2.71 bits per heavy atom. The van der Waals surface area contributed by atoms with Gasteiger partial charge in [0.15, 0.2) is 12.4 Å². The summed E-state index contributed by atoms with van der Waals surface area (Å²) in [7, 11) is 0. The van der Waals surface area contributed by atoms with Crippen molar-refractivity contribution >= 4 is 38.9 Å². The number of aromatic amines is 1. The van der Waals surface area contributed by atoms with Gasteiger partial charge in [-0.3, -0.25) is 4.79 Å². The largest absolute Gasteiger partial charge is 0.354 e. The standard InChI is InChI=1S/C24H23N3O/c1-16-19-9-12-27(11-6-4-3-5-10-25)14-21(19)17(2)24-23(16)20-13-18(15-28)7-8-22(20)26-24/h7-9,12-15H,3-6,11H2,1-2H3/p+1. The van der Waals surface area contributed by atoms with E-state index in [4.69, 9.17) is 5.26 Å². The van der Waals surface area contributed by atoms with Crippen molar-refractivity contribution in [2.75, 3.05) is 0 Å². The van der Waals surface area contributed by atoms with Gasteiger partial charge in [-0.25, -0.2) is 4.57 Å². The molecule has 0 amide bonds. The van der Waals surface area contributed by atoms with Gasteiger partial charge in [-0.1, -0.05) is 0 Å². The second kappa shape index (κ2) is 7.44. The van der Waals surface area contributed by atoms with Crippen LogP contribution >= 0.6 is 0 Å². The molecule has 0 radical (unpaired) electrons. The Kier molecular flexibility index (Phi) is 4.83. The molecular formula is C24H24N3O+. The number of pyridine rings is 1.